The van der Waals surface area contributed by atoms with E-state index in [4.69, 9.17) is 18.8 Å². The van der Waals surface area contributed by atoms with E-state index >= 15 is 0 Å². The van der Waals surface area contributed by atoms with Crippen molar-refractivity contribution in [3.8, 4) is 22.9 Å². The summed E-state index contributed by atoms with van der Waals surface area (Å²) in [6, 6.07) is 54.7. The van der Waals surface area contributed by atoms with Gasteiger partial charge in [-0.05, 0) is 54.6 Å². The molecule has 0 atom stereocenters. The van der Waals surface area contributed by atoms with E-state index in [1.54, 1.807) is 0 Å². The van der Waals surface area contributed by atoms with Crippen molar-refractivity contribution in [3.05, 3.63) is 158 Å². The Labute approximate surface area is 295 Å². The minimum Gasteiger partial charge on any atom is -0.454 e. The number of rotatable bonds is 3. The summed E-state index contributed by atoms with van der Waals surface area (Å²) < 4.78 is 18.0. The Balaban J connectivity index is 1.28. The topological polar surface area (TPSA) is 61.9 Å². The summed E-state index contributed by atoms with van der Waals surface area (Å²) in [5.41, 5.74) is 9.78. The highest BCUT2D eigenvalue weighted by molar-refractivity contribution is 6.15. The van der Waals surface area contributed by atoms with E-state index in [0.29, 0.717) is 17.2 Å². The van der Waals surface area contributed by atoms with Crippen LogP contribution in [-0.4, -0.2) is 19.1 Å². The van der Waals surface area contributed by atoms with Crippen LogP contribution in [0.2, 0.25) is 0 Å². The van der Waals surface area contributed by atoms with Gasteiger partial charge in [0.05, 0.1) is 22.1 Å². The molecule has 0 bridgehead atoms. The van der Waals surface area contributed by atoms with Crippen LogP contribution in [0.15, 0.2) is 167 Å². The second kappa shape index (κ2) is 10.2. The van der Waals surface area contributed by atoms with E-state index in [0.717, 1.165) is 82.5 Å². The smallest absolute Gasteiger partial charge is 0.197 e. The number of hydrogen-bond acceptors (Lipinski definition) is 4. The van der Waals surface area contributed by atoms with Gasteiger partial charge < -0.3 is 13.4 Å². The molecule has 5 aromatic heterocycles. The van der Waals surface area contributed by atoms with Gasteiger partial charge >= 0.3 is 0 Å². The molecule has 0 saturated heterocycles. The molecular formula is C46H26N4O2. The lowest BCUT2D eigenvalue weighted by Crippen LogP contribution is -2.04. The maximum absolute atomic E-state index is 6.83. The fourth-order valence-electron chi connectivity index (χ4n) is 8.34. The zero-order valence-electron chi connectivity index (χ0n) is 27.6. The second-order valence-electron chi connectivity index (χ2n) is 13.3. The minimum absolute atomic E-state index is 0.579. The number of para-hydroxylation sites is 6. The highest BCUT2D eigenvalue weighted by Crippen LogP contribution is 2.44. The molecule has 7 aromatic carbocycles. The molecule has 5 heterocycles. The third-order valence-electron chi connectivity index (χ3n) is 10.6. The van der Waals surface area contributed by atoms with Gasteiger partial charge in [0.15, 0.2) is 22.8 Å². The normalized spacial score (nSPS) is 12.2. The van der Waals surface area contributed by atoms with E-state index in [1.807, 2.05) is 30.3 Å². The van der Waals surface area contributed by atoms with Crippen LogP contribution in [0.3, 0.4) is 0 Å². The van der Waals surface area contributed by atoms with Crippen LogP contribution in [0.5, 0.6) is 0 Å². The van der Waals surface area contributed by atoms with E-state index < -0.39 is 0 Å². The zero-order valence-corrected chi connectivity index (χ0v) is 27.6. The number of benzene rings is 7. The van der Waals surface area contributed by atoms with E-state index in [-0.39, 0.29) is 0 Å². The molecule has 0 aliphatic carbocycles. The van der Waals surface area contributed by atoms with Gasteiger partial charge in [0.25, 0.3) is 0 Å². The maximum Gasteiger partial charge on any atom is 0.197 e. The SMILES string of the molecule is c1ccc2c(c1)oc1c(-n3c4ccccc4c4ccccc43)c(-c3nc(-n4c5ccccc5c5ccccc54)c4oc5ccccc5c4n3)ccc12. The quantitative estimate of drug-likeness (QED) is 0.188. The Kier molecular flexibility index (Phi) is 5.41. The number of nitrogens with zero attached hydrogens (tertiary/aromatic N) is 4. The summed E-state index contributed by atoms with van der Waals surface area (Å²) in [4.78, 5) is 10.9. The molecule has 0 fully saturated rings. The zero-order chi connectivity index (χ0) is 33.9. The van der Waals surface area contributed by atoms with Gasteiger partial charge in [-0.2, -0.15) is 0 Å². The third-order valence-corrected chi connectivity index (χ3v) is 10.6. The van der Waals surface area contributed by atoms with Gasteiger partial charge in [-0.1, -0.05) is 103 Å². The molecular weight excluding hydrogens is 641 g/mol. The minimum atomic E-state index is 0.579. The van der Waals surface area contributed by atoms with Crippen molar-refractivity contribution in [2.45, 2.75) is 0 Å². The molecule has 6 nitrogen and oxygen atoms in total. The fraction of sp³-hybridized carbons (Fsp3) is 0. The van der Waals surface area contributed by atoms with Crippen LogP contribution in [0.25, 0.3) is 111 Å². The Morgan fingerprint density at radius 2 is 0.827 bits per heavy atom. The molecule has 0 aliphatic rings. The molecule has 0 aliphatic heterocycles. The van der Waals surface area contributed by atoms with Gasteiger partial charge in [0.2, 0.25) is 0 Å². The Bertz CT molecular complexity index is 3330. The van der Waals surface area contributed by atoms with Gasteiger partial charge in [-0.3, -0.25) is 4.57 Å². The molecule has 0 spiro atoms. The van der Waals surface area contributed by atoms with Crippen LogP contribution < -0.4 is 0 Å². The standard InChI is InChI=1S/C46H26N4O2/c1-7-19-35-27(13-1)28-14-2-8-20-36(28)49(35)42-34(26-25-32-31-17-5-11-23-39(31)51-43(32)42)45-47-41-33-18-6-12-24-40(33)52-44(41)46(48-45)50-37-21-9-3-15-29(37)30-16-4-10-22-38(30)50/h1-26H. The van der Waals surface area contributed by atoms with Crippen LogP contribution in [0.4, 0.5) is 0 Å². The summed E-state index contributed by atoms with van der Waals surface area (Å²) in [6.45, 7) is 0. The van der Waals surface area contributed by atoms with Crippen molar-refractivity contribution in [2.75, 3.05) is 0 Å². The van der Waals surface area contributed by atoms with Gasteiger partial charge in [-0.15, -0.1) is 0 Å². The summed E-state index contributed by atoms with van der Waals surface area (Å²) in [7, 11) is 0. The highest BCUT2D eigenvalue weighted by Gasteiger charge is 2.26. The van der Waals surface area contributed by atoms with Crippen molar-refractivity contribution >= 4 is 87.6 Å². The monoisotopic (exact) mass is 666 g/mol. The molecule has 52 heavy (non-hydrogen) atoms. The van der Waals surface area contributed by atoms with E-state index in [9.17, 15) is 0 Å². The number of furan rings is 2. The maximum atomic E-state index is 6.83. The average molecular weight is 667 g/mol. The van der Waals surface area contributed by atoms with Crippen LogP contribution in [0, 0.1) is 0 Å². The van der Waals surface area contributed by atoms with Crippen molar-refractivity contribution in [1.29, 1.82) is 0 Å². The number of hydrogen-bond donors (Lipinski definition) is 0. The summed E-state index contributed by atoms with van der Waals surface area (Å²) in [5, 5.41) is 7.67. The Morgan fingerprint density at radius 3 is 1.42 bits per heavy atom. The predicted octanol–water partition coefficient (Wildman–Crippen LogP) is 12.1. The van der Waals surface area contributed by atoms with Crippen molar-refractivity contribution < 1.29 is 8.83 Å². The van der Waals surface area contributed by atoms with Crippen LogP contribution >= 0.6 is 0 Å². The summed E-state index contributed by atoms with van der Waals surface area (Å²) >= 11 is 0. The summed E-state index contributed by atoms with van der Waals surface area (Å²) in [6.07, 6.45) is 0. The molecule has 0 radical (unpaired) electrons. The van der Waals surface area contributed by atoms with Crippen LogP contribution in [-0.2, 0) is 0 Å². The summed E-state index contributed by atoms with van der Waals surface area (Å²) in [5.74, 6) is 1.27. The second-order valence-corrected chi connectivity index (χ2v) is 13.3. The molecule has 12 aromatic rings. The highest BCUT2D eigenvalue weighted by atomic mass is 16.3. The van der Waals surface area contributed by atoms with Gasteiger partial charge in [0, 0.05) is 43.3 Å². The number of fused-ring (bicyclic) bond motifs is 12. The first-order valence-electron chi connectivity index (χ1n) is 17.4. The molecule has 12 rings (SSSR count). The Morgan fingerprint density at radius 1 is 0.365 bits per heavy atom. The molecule has 0 unspecified atom stereocenters. The van der Waals surface area contributed by atoms with E-state index in [2.05, 4.69) is 137 Å². The van der Waals surface area contributed by atoms with Gasteiger partial charge in [0.1, 0.15) is 22.4 Å². The molecule has 0 saturated carbocycles. The van der Waals surface area contributed by atoms with E-state index in [1.165, 1.54) is 10.8 Å². The molecule has 0 N–H and O–H groups in total. The molecule has 0 amide bonds. The predicted molar refractivity (Wildman–Crippen MR) is 211 cm³/mol. The first-order valence-corrected chi connectivity index (χ1v) is 17.4. The molecule has 242 valence electrons. The third kappa shape index (κ3) is 3.62. The lowest BCUT2D eigenvalue weighted by atomic mass is 10.1. The average Bonchev–Trinajstić information content (AvgIpc) is 3.95. The van der Waals surface area contributed by atoms with Crippen molar-refractivity contribution in [2.24, 2.45) is 0 Å². The largest absolute Gasteiger partial charge is 0.454 e. The molecule has 6 heteroatoms. The Hall–Kier alpha value is -7.18. The lowest BCUT2D eigenvalue weighted by Gasteiger charge is -2.15. The van der Waals surface area contributed by atoms with Crippen molar-refractivity contribution in [3.63, 3.8) is 0 Å². The van der Waals surface area contributed by atoms with Crippen LogP contribution in [0.1, 0.15) is 0 Å². The van der Waals surface area contributed by atoms with Gasteiger partial charge in [-0.25, -0.2) is 9.97 Å². The first kappa shape index (κ1) is 27.6. The van der Waals surface area contributed by atoms with Crippen molar-refractivity contribution in [1.82, 2.24) is 19.1 Å². The number of aromatic nitrogens is 4. The fourth-order valence-corrected chi connectivity index (χ4v) is 8.34. The lowest BCUT2D eigenvalue weighted by molar-refractivity contribution is 0.662. The first-order chi connectivity index (χ1) is 25.8.